The number of nitrogens with one attached hydrogen (secondary N) is 1. The summed E-state index contributed by atoms with van der Waals surface area (Å²) in [5.74, 6) is 1.95. The molecule has 2 aromatic carbocycles. The average molecular weight is 372 g/mol. The Balaban J connectivity index is 2.05. The van der Waals surface area contributed by atoms with Gasteiger partial charge in [-0.3, -0.25) is 4.90 Å². The molecule has 0 aliphatic carbocycles. The molecular weight excluding hydrogens is 344 g/mol. The van der Waals surface area contributed by atoms with Crippen molar-refractivity contribution in [3.8, 4) is 17.2 Å². The summed E-state index contributed by atoms with van der Waals surface area (Å²) in [5, 5.41) is 2.98. The standard InChI is InChI=1S/C21H28N2O4/c1-6-23(17-9-7-8-15(2)12-17)21(24)22-11-10-16-13-19(26-4)20(27-5)14-18(16)25-3/h7-9,12-14H,6,10-11H2,1-5H3,(H,22,24). The molecule has 6 heteroatoms. The van der Waals surface area contributed by atoms with E-state index in [1.165, 1.54) is 0 Å². The molecule has 146 valence electrons. The number of hydrogen-bond acceptors (Lipinski definition) is 4. The Labute approximate surface area is 161 Å². The van der Waals surface area contributed by atoms with Gasteiger partial charge in [0.25, 0.3) is 0 Å². The first-order valence-corrected chi connectivity index (χ1v) is 8.94. The van der Waals surface area contributed by atoms with E-state index in [0.29, 0.717) is 36.8 Å². The third kappa shape index (κ3) is 5.06. The topological polar surface area (TPSA) is 60.0 Å². The molecule has 0 fully saturated rings. The van der Waals surface area contributed by atoms with Gasteiger partial charge < -0.3 is 19.5 Å². The molecule has 0 unspecified atom stereocenters. The second-order valence-corrected chi connectivity index (χ2v) is 6.08. The highest BCUT2D eigenvalue weighted by molar-refractivity contribution is 5.91. The van der Waals surface area contributed by atoms with Crippen molar-refractivity contribution >= 4 is 11.7 Å². The predicted octanol–water partition coefficient (Wildman–Crippen LogP) is 3.80. The van der Waals surface area contributed by atoms with E-state index in [9.17, 15) is 4.79 Å². The maximum atomic E-state index is 12.6. The van der Waals surface area contributed by atoms with E-state index in [2.05, 4.69) is 5.32 Å². The third-order valence-corrected chi connectivity index (χ3v) is 4.33. The number of carbonyl (C=O) groups is 1. The molecule has 0 saturated heterocycles. The summed E-state index contributed by atoms with van der Waals surface area (Å²) in [6, 6.07) is 11.5. The van der Waals surface area contributed by atoms with Crippen molar-refractivity contribution in [3.63, 3.8) is 0 Å². The molecule has 0 bridgehead atoms. The Hall–Kier alpha value is -2.89. The highest BCUT2D eigenvalue weighted by Gasteiger charge is 2.15. The Bertz CT molecular complexity index is 777. The number of rotatable bonds is 8. The monoisotopic (exact) mass is 372 g/mol. The summed E-state index contributed by atoms with van der Waals surface area (Å²) in [4.78, 5) is 14.3. The zero-order valence-electron chi connectivity index (χ0n) is 16.7. The summed E-state index contributed by atoms with van der Waals surface area (Å²) in [7, 11) is 4.79. The number of aryl methyl sites for hydroxylation is 1. The number of hydrogen-bond donors (Lipinski definition) is 1. The third-order valence-electron chi connectivity index (χ3n) is 4.33. The molecule has 2 aromatic rings. The van der Waals surface area contributed by atoms with Crippen molar-refractivity contribution < 1.29 is 19.0 Å². The van der Waals surface area contributed by atoms with Crippen molar-refractivity contribution in [2.45, 2.75) is 20.3 Å². The minimum Gasteiger partial charge on any atom is -0.496 e. The van der Waals surface area contributed by atoms with Gasteiger partial charge in [0.15, 0.2) is 11.5 Å². The minimum atomic E-state index is -0.123. The van der Waals surface area contributed by atoms with Crippen molar-refractivity contribution in [1.29, 1.82) is 0 Å². The van der Waals surface area contributed by atoms with Gasteiger partial charge in [-0.05, 0) is 49.6 Å². The number of methoxy groups -OCH3 is 3. The highest BCUT2D eigenvalue weighted by atomic mass is 16.5. The largest absolute Gasteiger partial charge is 0.496 e. The van der Waals surface area contributed by atoms with Gasteiger partial charge in [0.1, 0.15) is 5.75 Å². The van der Waals surface area contributed by atoms with Gasteiger partial charge in [0.2, 0.25) is 0 Å². The molecule has 0 saturated carbocycles. The van der Waals surface area contributed by atoms with Gasteiger partial charge in [0, 0.05) is 24.8 Å². The SMILES string of the molecule is CCN(C(=O)NCCc1cc(OC)c(OC)cc1OC)c1cccc(C)c1. The fraction of sp³-hybridized carbons (Fsp3) is 0.381. The summed E-state index contributed by atoms with van der Waals surface area (Å²) in [6.45, 7) is 5.04. The first-order chi connectivity index (χ1) is 13.0. The van der Waals surface area contributed by atoms with Crippen LogP contribution in [0.15, 0.2) is 36.4 Å². The Kier molecular flexibility index (Phi) is 7.34. The first-order valence-electron chi connectivity index (χ1n) is 8.94. The van der Waals surface area contributed by atoms with Crippen molar-refractivity contribution in [2.24, 2.45) is 0 Å². The Morgan fingerprint density at radius 3 is 2.26 bits per heavy atom. The van der Waals surface area contributed by atoms with Gasteiger partial charge >= 0.3 is 6.03 Å². The predicted molar refractivity (Wildman–Crippen MR) is 107 cm³/mol. The van der Waals surface area contributed by atoms with Crippen LogP contribution in [0.1, 0.15) is 18.1 Å². The summed E-state index contributed by atoms with van der Waals surface area (Å²) >= 11 is 0. The number of benzene rings is 2. The molecule has 0 heterocycles. The summed E-state index contributed by atoms with van der Waals surface area (Å²) < 4.78 is 16.1. The van der Waals surface area contributed by atoms with Crippen LogP contribution in [-0.4, -0.2) is 40.5 Å². The van der Waals surface area contributed by atoms with E-state index < -0.39 is 0 Å². The lowest BCUT2D eigenvalue weighted by Crippen LogP contribution is -2.40. The molecule has 0 atom stereocenters. The van der Waals surface area contributed by atoms with E-state index in [0.717, 1.165) is 16.8 Å². The smallest absolute Gasteiger partial charge is 0.321 e. The van der Waals surface area contributed by atoms with E-state index in [1.807, 2.05) is 44.2 Å². The minimum absolute atomic E-state index is 0.123. The fourth-order valence-corrected chi connectivity index (χ4v) is 2.93. The van der Waals surface area contributed by atoms with Gasteiger partial charge in [0.05, 0.1) is 21.3 Å². The van der Waals surface area contributed by atoms with Crippen LogP contribution in [0.3, 0.4) is 0 Å². The summed E-state index contributed by atoms with van der Waals surface area (Å²) in [5.41, 5.74) is 2.95. The van der Waals surface area contributed by atoms with Crippen LogP contribution >= 0.6 is 0 Å². The molecule has 0 aromatic heterocycles. The molecule has 1 N–H and O–H groups in total. The zero-order valence-corrected chi connectivity index (χ0v) is 16.7. The van der Waals surface area contributed by atoms with E-state index in [-0.39, 0.29) is 6.03 Å². The lowest BCUT2D eigenvalue weighted by Gasteiger charge is -2.22. The first kappa shape index (κ1) is 20.4. The van der Waals surface area contributed by atoms with Crippen LogP contribution in [0.5, 0.6) is 17.2 Å². The quantitative estimate of drug-likeness (QED) is 0.766. The van der Waals surface area contributed by atoms with Gasteiger partial charge in [-0.2, -0.15) is 0 Å². The molecule has 2 amide bonds. The number of ether oxygens (including phenoxy) is 3. The molecule has 0 spiro atoms. The number of urea groups is 1. The zero-order chi connectivity index (χ0) is 19.8. The van der Waals surface area contributed by atoms with E-state index in [4.69, 9.17) is 14.2 Å². The molecule has 27 heavy (non-hydrogen) atoms. The molecular formula is C21H28N2O4. The second-order valence-electron chi connectivity index (χ2n) is 6.08. The van der Waals surface area contributed by atoms with Gasteiger partial charge in [-0.1, -0.05) is 12.1 Å². The van der Waals surface area contributed by atoms with Crippen LogP contribution in [-0.2, 0) is 6.42 Å². The van der Waals surface area contributed by atoms with Crippen LogP contribution in [0, 0.1) is 6.92 Å². The molecule has 0 aliphatic heterocycles. The lowest BCUT2D eigenvalue weighted by atomic mass is 10.1. The highest BCUT2D eigenvalue weighted by Crippen LogP contribution is 2.34. The van der Waals surface area contributed by atoms with Crippen LogP contribution < -0.4 is 24.4 Å². The molecule has 2 rings (SSSR count). The maximum absolute atomic E-state index is 12.6. The summed E-state index contributed by atoms with van der Waals surface area (Å²) in [6.07, 6.45) is 0.612. The van der Waals surface area contributed by atoms with E-state index in [1.54, 1.807) is 32.3 Å². The van der Waals surface area contributed by atoms with Gasteiger partial charge in [-0.15, -0.1) is 0 Å². The Morgan fingerprint density at radius 1 is 1.00 bits per heavy atom. The Morgan fingerprint density at radius 2 is 1.67 bits per heavy atom. The maximum Gasteiger partial charge on any atom is 0.321 e. The molecule has 0 aliphatic rings. The second kappa shape index (κ2) is 9.71. The number of nitrogens with zero attached hydrogens (tertiary/aromatic N) is 1. The van der Waals surface area contributed by atoms with Crippen molar-refractivity contribution in [1.82, 2.24) is 5.32 Å². The van der Waals surface area contributed by atoms with Crippen molar-refractivity contribution in [2.75, 3.05) is 39.3 Å². The molecule has 0 radical (unpaired) electrons. The van der Waals surface area contributed by atoms with Crippen LogP contribution in [0.4, 0.5) is 10.5 Å². The fourth-order valence-electron chi connectivity index (χ4n) is 2.93. The molecule has 6 nitrogen and oxygen atoms in total. The van der Waals surface area contributed by atoms with Crippen molar-refractivity contribution in [3.05, 3.63) is 47.5 Å². The van der Waals surface area contributed by atoms with Crippen LogP contribution in [0.2, 0.25) is 0 Å². The van der Waals surface area contributed by atoms with E-state index >= 15 is 0 Å². The van der Waals surface area contributed by atoms with Gasteiger partial charge in [-0.25, -0.2) is 4.79 Å². The van der Waals surface area contributed by atoms with Crippen LogP contribution in [0.25, 0.3) is 0 Å². The number of amides is 2. The number of carbonyl (C=O) groups excluding carboxylic acids is 1. The normalized spacial score (nSPS) is 10.3. The lowest BCUT2D eigenvalue weighted by molar-refractivity contribution is 0.246. The average Bonchev–Trinajstić information content (AvgIpc) is 2.68. The number of anilines is 1.